The summed E-state index contributed by atoms with van der Waals surface area (Å²) < 4.78 is 36.6. The molecule has 7 heteroatoms. The molecule has 0 aliphatic heterocycles. The molecule has 0 radical (unpaired) electrons. The van der Waals surface area contributed by atoms with Crippen molar-refractivity contribution in [2.24, 2.45) is 5.73 Å². The molecule has 0 aliphatic carbocycles. The number of nitrogens with zero attached hydrogens (tertiary/aromatic N) is 1. The molecular formula is C11H17Cl2F3N2. The lowest BCUT2D eigenvalue weighted by Crippen LogP contribution is -2.45. The minimum absolute atomic E-state index is 0. The number of nitrogens with two attached hydrogens (primary N) is 1. The van der Waals surface area contributed by atoms with Crippen LogP contribution in [0.3, 0.4) is 0 Å². The maximum Gasteiger partial charge on any atom is 0.404 e. The average Bonchev–Trinajstić information content (AvgIpc) is 2.17. The third-order valence-electron chi connectivity index (χ3n) is 2.22. The normalized spacial score (nSPS) is 12.6. The molecule has 0 bridgehead atoms. The molecule has 0 fully saturated rings. The number of hydrogen-bond donors (Lipinski definition) is 1. The molecule has 0 heterocycles. The van der Waals surface area contributed by atoms with Gasteiger partial charge < -0.3 is 10.6 Å². The van der Waals surface area contributed by atoms with Crippen molar-refractivity contribution in [3.05, 3.63) is 35.9 Å². The van der Waals surface area contributed by atoms with Crippen LogP contribution in [0.5, 0.6) is 0 Å². The average molecular weight is 305 g/mol. The van der Waals surface area contributed by atoms with Crippen molar-refractivity contribution in [2.75, 3.05) is 13.6 Å². The van der Waals surface area contributed by atoms with Crippen molar-refractivity contribution in [3.63, 3.8) is 0 Å². The van der Waals surface area contributed by atoms with Crippen LogP contribution in [0.2, 0.25) is 0 Å². The highest BCUT2D eigenvalue weighted by molar-refractivity contribution is 5.85. The topological polar surface area (TPSA) is 29.3 Å². The zero-order valence-electron chi connectivity index (χ0n) is 9.85. The van der Waals surface area contributed by atoms with Gasteiger partial charge in [0.05, 0.1) is 0 Å². The molecule has 106 valence electrons. The second-order valence-corrected chi connectivity index (χ2v) is 3.83. The summed E-state index contributed by atoms with van der Waals surface area (Å²) in [5, 5.41) is 0. The van der Waals surface area contributed by atoms with Gasteiger partial charge in [-0.05, 0) is 12.6 Å². The highest BCUT2D eigenvalue weighted by Gasteiger charge is 2.37. The van der Waals surface area contributed by atoms with E-state index in [-0.39, 0.29) is 31.4 Å². The van der Waals surface area contributed by atoms with Gasteiger partial charge in [-0.25, -0.2) is 0 Å². The van der Waals surface area contributed by atoms with Crippen LogP contribution in [0.25, 0.3) is 0 Å². The van der Waals surface area contributed by atoms with E-state index in [1.54, 1.807) is 11.9 Å². The van der Waals surface area contributed by atoms with Gasteiger partial charge in [-0.15, -0.1) is 24.8 Å². The van der Waals surface area contributed by atoms with Gasteiger partial charge in [-0.2, -0.15) is 13.2 Å². The monoisotopic (exact) mass is 304 g/mol. The third kappa shape index (κ3) is 7.06. The first kappa shape index (κ1) is 19.8. The number of likely N-dealkylation sites (N-methyl/N-ethyl adjacent to an activating group) is 1. The lowest BCUT2D eigenvalue weighted by molar-refractivity contribution is -0.151. The van der Waals surface area contributed by atoms with Gasteiger partial charge >= 0.3 is 6.18 Å². The summed E-state index contributed by atoms with van der Waals surface area (Å²) in [5.41, 5.74) is 6.01. The van der Waals surface area contributed by atoms with Crippen LogP contribution >= 0.6 is 24.8 Å². The lowest BCUT2D eigenvalue weighted by Gasteiger charge is -2.22. The fourth-order valence-corrected chi connectivity index (χ4v) is 1.40. The molecule has 2 N–H and O–H groups in total. The number of benzene rings is 1. The van der Waals surface area contributed by atoms with Crippen molar-refractivity contribution in [3.8, 4) is 0 Å². The molecule has 1 aromatic carbocycles. The van der Waals surface area contributed by atoms with E-state index >= 15 is 0 Å². The van der Waals surface area contributed by atoms with Crippen LogP contribution in [0, 0.1) is 0 Å². The molecule has 0 aliphatic rings. The molecule has 1 atom stereocenters. The standard InChI is InChI=1S/C11H15F3N2.2ClH/c1-16(8-10(15)11(12,13)14)7-9-5-3-2-4-6-9;;/h2-6,10H,7-8,15H2,1H3;2*1H. The van der Waals surface area contributed by atoms with E-state index in [2.05, 4.69) is 0 Å². The Bertz CT molecular complexity index is 320. The number of rotatable bonds is 4. The van der Waals surface area contributed by atoms with E-state index in [1.165, 1.54) is 0 Å². The van der Waals surface area contributed by atoms with Crippen LogP contribution in [0.15, 0.2) is 30.3 Å². The summed E-state index contributed by atoms with van der Waals surface area (Å²) >= 11 is 0. The summed E-state index contributed by atoms with van der Waals surface area (Å²) in [6.07, 6.45) is -4.33. The van der Waals surface area contributed by atoms with Crippen molar-refractivity contribution in [1.29, 1.82) is 0 Å². The minimum atomic E-state index is -4.33. The largest absolute Gasteiger partial charge is 0.404 e. The predicted molar refractivity (Wildman–Crippen MR) is 71.3 cm³/mol. The highest BCUT2D eigenvalue weighted by Crippen LogP contribution is 2.19. The zero-order valence-corrected chi connectivity index (χ0v) is 11.5. The third-order valence-corrected chi connectivity index (χ3v) is 2.22. The van der Waals surface area contributed by atoms with Gasteiger partial charge in [0, 0.05) is 13.1 Å². The Morgan fingerprint density at radius 1 is 1.17 bits per heavy atom. The summed E-state index contributed by atoms with van der Waals surface area (Å²) in [5.74, 6) is 0. The smallest absolute Gasteiger partial charge is 0.319 e. The molecule has 0 saturated carbocycles. The van der Waals surface area contributed by atoms with Crippen LogP contribution in [0.4, 0.5) is 13.2 Å². The van der Waals surface area contributed by atoms with Crippen molar-refractivity contribution in [2.45, 2.75) is 18.8 Å². The summed E-state index contributed by atoms with van der Waals surface area (Å²) in [7, 11) is 1.62. The van der Waals surface area contributed by atoms with Crippen molar-refractivity contribution < 1.29 is 13.2 Å². The second kappa shape index (κ2) is 8.58. The number of alkyl halides is 3. The Kier molecular flexibility index (Phi) is 9.46. The van der Waals surface area contributed by atoms with Crippen LogP contribution in [0.1, 0.15) is 5.56 Å². The van der Waals surface area contributed by atoms with E-state index in [0.717, 1.165) is 5.56 Å². The maximum absolute atomic E-state index is 12.2. The van der Waals surface area contributed by atoms with Gasteiger partial charge in [-0.3, -0.25) is 0 Å². The summed E-state index contributed by atoms with van der Waals surface area (Å²) in [4.78, 5) is 1.56. The summed E-state index contributed by atoms with van der Waals surface area (Å²) in [6.45, 7) is 0.267. The molecule has 2 nitrogen and oxygen atoms in total. The van der Waals surface area contributed by atoms with Crippen LogP contribution in [-0.2, 0) is 6.54 Å². The SMILES string of the molecule is CN(Cc1ccccc1)CC(N)C(F)(F)F.Cl.Cl. The molecule has 0 saturated heterocycles. The molecule has 1 rings (SSSR count). The first-order chi connectivity index (χ1) is 7.39. The summed E-state index contributed by atoms with van der Waals surface area (Å²) in [6, 6.07) is 7.52. The van der Waals surface area contributed by atoms with Crippen molar-refractivity contribution in [1.82, 2.24) is 4.90 Å². The Morgan fingerprint density at radius 3 is 2.11 bits per heavy atom. The zero-order chi connectivity index (χ0) is 12.2. The lowest BCUT2D eigenvalue weighted by atomic mass is 10.2. The van der Waals surface area contributed by atoms with Crippen molar-refractivity contribution >= 4 is 24.8 Å². The molecule has 1 unspecified atom stereocenters. The molecular weight excluding hydrogens is 288 g/mol. The molecule has 0 spiro atoms. The Hall–Kier alpha value is -0.490. The van der Waals surface area contributed by atoms with E-state index in [4.69, 9.17) is 5.73 Å². The maximum atomic E-state index is 12.2. The van der Waals surface area contributed by atoms with E-state index in [0.29, 0.717) is 6.54 Å². The van der Waals surface area contributed by atoms with Crippen LogP contribution < -0.4 is 5.73 Å². The first-order valence-electron chi connectivity index (χ1n) is 4.94. The van der Waals surface area contributed by atoms with Crippen LogP contribution in [-0.4, -0.2) is 30.7 Å². The quantitative estimate of drug-likeness (QED) is 0.927. The Labute approximate surface area is 117 Å². The van der Waals surface area contributed by atoms with E-state index in [1.807, 2.05) is 30.3 Å². The second-order valence-electron chi connectivity index (χ2n) is 3.83. The number of halogens is 5. The highest BCUT2D eigenvalue weighted by atomic mass is 35.5. The van der Waals surface area contributed by atoms with Gasteiger partial charge in [0.1, 0.15) is 6.04 Å². The minimum Gasteiger partial charge on any atom is -0.319 e. The fraction of sp³-hybridized carbons (Fsp3) is 0.455. The molecule has 0 aromatic heterocycles. The number of hydrogen-bond acceptors (Lipinski definition) is 2. The molecule has 1 aromatic rings. The van der Waals surface area contributed by atoms with Gasteiger partial charge in [0.15, 0.2) is 0 Å². The first-order valence-corrected chi connectivity index (χ1v) is 4.94. The Morgan fingerprint density at radius 2 is 1.67 bits per heavy atom. The van der Waals surface area contributed by atoms with Gasteiger partial charge in [0.25, 0.3) is 0 Å². The van der Waals surface area contributed by atoms with Gasteiger partial charge in [0.2, 0.25) is 0 Å². The van der Waals surface area contributed by atoms with E-state index < -0.39 is 12.2 Å². The van der Waals surface area contributed by atoms with E-state index in [9.17, 15) is 13.2 Å². The Balaban J connectivity index is 0. The van der Waals surface area contributed by atoms with Gasteiger partial charge in [-0.1, -0.05) is 30.3 Å². The molecule has 0 amide bonds. The fourth-order valence-electron chi connectivity index (χ4n) is 1.40. The predicted octanol–water partition coefficient (Wildman–Crippen LogP) is 2.85. The molecule has 18 heavy (non-hydrogen) atoms.